The van der Waals surface area contributed by atoms with Crippen molar-refractivity contribution in [3.63, 3.8) is 0 Å². The average molecular weight is 366 g/mol. The van der Waals surface area contributed by atoms with Gasteiger partial charge in [-0.25, -0.2) is 4.98 Å². The maximum atomic E-state index is 6.06. The Hall–Kier alpha value is -0.480. The highest BCUT2D eigenvalue weighted by Gasteiger charge is 2.09. The lowest BCUT2D eigenvalue weighted by Gasteiger charge is -2.12. The van der Waals surface area contributed by atoms with E-state index in [2.05, 4.69) is 26.2 Å². The second kappa shape index (κ2) is 5.66. The topological polar surface area (TPSA) is 24.9 Å². The molecule has 6 heteroatoms. The number of pyridine rings is 1. The molecule has 1 aromatic heterocycles. The van der Waals surface area contributed by atoms with E-state index in [1.807, 2.05) is 25.1 Å². The molecule has 18 heavy (non-hydrogen) atoms. The van der Waals surface area contributed by atoms with Crippen LogP contribution in [0.3, 0.4) is 0 Å². The van der Waals surface area contributed by atoms with Gasteiger partial charge in [0.05, 0.1) is 10.0 Å². The molecule has 1 N–H and O–H groups in total. The Balaban J connectivity index is 2.40. The summed E-state index contributed by atoms with van der Waals surface area (Å²) in [6.45, 7) is 1.98. The Kier molecular flexibility index (Phi) is 4.38. The van der Waals surface area contributed by atoms with Gasteiger partial charge in [0, 0.05) is 10.2 Å². The van der Waals surface area contributed by atoms with Gasteiger partial charge in [0.1, 0.15) is 5.15 Å². The van der Waals surface area contributed by atoms with Gasteiger partial charge in [0.15, 0.2) is 5.82 Å². The highest BCUT2D eigenvalue weighted by Crippen LogP contribution is 2.32. The van der Waals surface area contributed by atoms with Crippen LogP contribution in [0.4, 0.5) is 11.5 Å². The molecule has 0 fully saturated rings. The summed E-state index contributed by atoms with van der Waals surface area (Å²) in [4.78, 5) is 4.11. The van der Waals surface area contributed by atoms with Crippen LogP contribution >= 0.6 is 50.7 Å². The number of rotatable bonds is 2. The van der Waals surface area contributed by atoms with Crippen LogP contribution in [0.5, 0.6) is 0 Å². The van der Waals surface area contributed by atoms with E-state index in [0.717, 1.165) is 15.7 Å². The third kappa shape index (κ3) is 2.91. The molecule has 0 unspecified atom stereocenters. The van der Waals surface area contributed by atoms with E-state index >= 15 is 0 Å². The van der Waals surface area contributed by atoms with Gasteiger partial charge in [-0.1, -0.05) is 56.8 Å². The maximum absolute atomic E-state index is 6.06. The largest absolute Gasteiger partial charge is 0.339 e. The predicted octanol–water partition coefficient (Wildman–Crippen LogP) is 5.86. The fourth-order valence-corrected chi connectivity index (χ4v) is 2.31. The average Bonchev–Trinajstić information content (AvgIpc) is 2.32. The number of aromatic nitrogens is 1. The molecule has 2 rings (SSSR count). The second-order valence-electron chi connectivity index (χ2n) is 3.63. The number of benzene rings is 1. The van der Waals surface area contributed by atoms with Crippen LogP contribution in [-0.2, 0) is 0 Å². The smallest absolute Gasteiger partial charge is 0.151 e. The predicted molar refractivity (Wildman–Crippen MR) is 81.4 cm³/mol. The number of hydrogen-bond acceptors (Lipinski definition) is 2. The normalized spacial score (nSPS) is 10.5. The van der Waals surface area contributed by atoms with Crippen LogP contribution in [0.25, 0.3) is 0 Å². The van der Waals surface area contributed by atoms with Crippen molar-refractivity contribution in [1.82, 2.24) is 4.98 Å². The molecule has 0 bridgehead atoms. The fraction of sp³-hybridized carbons (Fsp3) is 0.0833. The summed E-state index contributed by atoms with van der Waals surface area (Å²) in [6.07, 6.45) is 0. The molecule has 1 heterocycles. The Morgan fingerprint density at radius 1 is 1.17 bits per heavy atom. The molecule has 0 saturated heterocycles. The summed E-state index contributed by atoms with van der Waals surface area (Å²) in [6, 6.07) is 7.38. The second-order valence-corrected chi connectivity index (χ2v) is 5.66. The van der Waals surface area contributed by atoms with Crippen LogP contribution < -0.4 is 5.32 Å². The lowest BCUT2D eigenvalue weighted by molar-refractivity contribution is 1.29. The minimum absolute atomic E-state index is 0.219. The monoisotopic (exact) mass is 364 g/mol. The van der Waals surface area contributed by atoms with Crippen molar-refractivity contribution >= 4 is 62.2 Å². The van der Waals surface area contributed by atoms with Gasteiger partial charge in [-0.05, 0) is 30.7 Å². The third-order valence-corrected chi connectivity index (χ3v) is 4.23. The molecule has 0 aliphatic heterocycles. The number of nitrogens with zero attached hydrogens (tertiary/aromatic N) is 1. The highest BCUT2D eigenvalue weighted by molar-refractivity contribution is 9.10. The van der Waals surface area contributed by atoms with Crippen LogP contribution in [0, 0.1) is 6.92 Å². The van der Waals surface area contributed by atoms with Gasteiger partial charge in [0.25, 0.3) is 0 Å². The van der Waals surface area contributed by atoms with Crippen molar-refractivity contribution in [1.29, 1.82) is 0 Å². The van der Waals surface area contributed by atoms with Crippen molar-refractivity contribution in [2.45, 2.75) is 6.92 Å². The number of hydrogen-bond donors (Lipinski definition) is 1. The van der Waals surface area contributed by atoms with E-state index in [1.54, 1.807) is 6.07 Å². The zero-order valence-corrected chi connectivity index (χ0v) is 13.1. The Morgan fingerprint density at radius 2 is 1.89 bits per heavy atom. The van der Waals surface area contributed by atoms with Gasteiger partial charge >= 0.3 is 0 Å². The first-order chi connectivity index (χ1) is 8.49. The molecule has 0 spiro atoms. The van der Waals surface area contributed by atoms with Crippen molar-refractivity contribution in [2.75, 3.05) is 5.32 Å². The van der Waals surface area contributed by atoms with Gasteiger partial charge in [0.2, 0.25) is 0 Å². The summed E-state index contributed by atoms with van der Waals surface area (Å²) in [5.74, 6) is 0.479. The fourth-order valence-electron chi connectivity index (χ4n) is 1.40. The summed E-state index contributed by atoms with van der Waals surface area (Å²) in [7, 11) is 0. The van der Waals surface area contributed by atoms with E-state index in [9.17, 15) is 0 Å². The summed E-state index contributed by atoms with van der Waals surface area (Å²) in [5, 5.41) is 4.10. The van der Waals surface area contributed by atoms with Crippen LogP contribution in [0.1, 0.15) is 5.56 Å². The van der Waals surface area contributed by atoms with Crippen molar-refractivity contribution in [3.8, 4) is 0 Å². The molecular weight excluding hydrogens is 358 g/mol. The first-order valence-corrected chi connectivity index (χ1v) is 6.95. The van der Waals surface area contributed by atoms with Crippen molar-refractivity contribution in [2.24, 2.45) is 0 Å². The number of anilines is 2. The first kappa shape index (κ1) is 13.9. The lowest BCUT2D eigenvalue weighted by Crippen LogP contribution is -1.97. The van der Waals surface area contributed by atoms with Crippen LogP contribution in [0.2, 0.25) is 15.2 Å². The molecule has 0 radical (unpaired) electrons. The van der Waals surface area contributed by atoms with E-state index in [1.165, 1.54) is 0 Å². The Bertz CT molecular complexity index is 602. The molecule has 0 atom stereocenters. The zero-order chi connectivity index (χ0) is 13.3. The van der Waals surface area contributed by atoms with E-state index < -0.39 is 0 Å². The number of halogens is 4. The molecule has 0 amide bonds. The Morgan fingerprint density at radius 3 is 2.61 bits per heavy atom. The molecule has 94 valence electrons. The van der Waals surface area contributed by atoms with Gasteiger partial charge in [-0.2, -0.15) is 0 Å². The first-order valence-electron chi connectivity index (χ1n) is 5.02. The van der Waals surface area contributed by atoms with Crippen LogP contribution in [-0.4, -0.2) is 4.98 Å². The maximum Gasteiger partial charge on any atom is 0.151 e. The van der Waals surface area contributed by atoms with Gasteiger partial charge in [-0.15, -0.1) is 0 Å². The SMILES string of the molecule is Cc1c(Br)cccc1Nc1nc(Cl)c(Cl)cc1Cl. The molecule has 1 aromatic carbocycles. The summed E-state index contributed by atoms with van der Waals surface area (Å²) in [5.41, 5.74) is 1.96. The quantitative estimate of drug-likeness (QED) is 0.674. The standard InChI is InChI=1S/C12H8BrCl3N2/c1-6-7(13)3-2-4-10(6)17-12-9(15)5-8(14)11(16)18-12/h2-5H,1H3,(H,17,18). The lowest BCUT2D eigenvalue weighted by atomic mass is 10.2. The van der Waals surface area contributed by atoms with Crippen molar-refractivity contribution in [3.05, 3.63) is 49.5 Å². The minimum Gasteiger partial charge on any atom is -0.339 e. The highest BCUT2D eigenvalue weighted by atomic mass is 79.9. The third-order valence-electron chi connectivity index (χ3n) is 2.41. The van der Waals surface area contributed by atoms with Crippen molar-refractivity contribution < 1.29 is 0 Å². The Labute approximate surface area is 128 Å². The van der Waals surface area contributed by atoms with E-state index in [-0.39, 0.29) is 5.15 Å². The zero-order valence-electron chi connectivity index (χ0n) is 9.27. The molecule has 0 aliphatic rings. The number of nitrogens with one attached hydrogen (secondary N) is 1. The summed E-state index contributed by atoms with van der Waals surface area (Å²) < 4.78 is 1.00. The minimum atomic E-state index is 0.219. The molecule has 0 saturated carbocycles. The molecule has 2 aromatic rings. The molecule has 2 nitrogen and oxygen atoms in total. The van der Waals surface area contributed by atoms with Gasteiger partial charge in [-0.3, -0.25) is 0 Å². The molecular formula is C12H8BrCl3N2. The van der Waals surface area contributed by atoms with E-state index in [4.69, 9.17) is 34.8 Å². The summed E-state index contributed by atoms with van der Waals surface area (Å²) >= 11 is 21.2. The van der Waals surface area contributed by atoms with Crippen LogP contribution in [0.15, 0.2) is 28.7 Å². The van der Waals surface area contributed by atoms with E-state index in [0.29, 0.717) is 15.9 Å². The molecule has 0 aliphatic carbocycles. The van der Waals surface area contributed by atoms with Gasteiger partial charge < -0.3 is 5.32 Å².